The van der Waals surface area contributed by atoms with Gasteiger partial charge in [-0.2, -0.15) is 10.5 Å². The first kappa shape index (κ1) is 47.8. The Labute approximate surface area is 390 Å². The molecule has 2 aromatic heterocycles. The highest BCUT2D eigenvalue weighted by atomic mass is 35.5. The number of ether oxygens (including phenoxy) is 2. The molecule has 4 aromatic rings. The highest BCUT2D eigenvalue weighted by Gasteiger charge is 2.64. The molecule has 0 bridgehead atoms. The van der Waals surface area contributed by atoms with Crippen LogP contribution < -0.4 is 25.0 Å². The Morgan fingerprint density at radius 1 is 0.970 bits per heavy atom. The van der Waals surface area contributed by atoms with E-state index in [4.69, 9.17) is 30.9 Å². The van der Waals surface area contributed by atoms with E-state index in [-0.39, 0.29) is 60.7 Å². The van der Waals surface area contributed by atoms with Crippen LogP contribution in [0.25, 0.3) is 0 Å². The first-order valence-corrected chi connectivity index (χ1v) is 22.8. The summed E-state index contributed by atoms with van der Waals surface area (Å²) in [5, 5.41) is 39.6. The number of hydrogen-bond acceptors (Lipinski definition) is 13. The first-order valence-electron chi connectivity index (χ1n) is 22.4. The van der Waals surface area contributed by atoms with Gasteiger partial charge in [-0.25, -0.2) is 4.98 Å². The average Bonchev–Trinajstić information content (AvgIpc) is 3.93. The number of aliphatic hydroxyl groups excluding tert-OH is 1. The van der Waals surface area contributed by atoms with Gasteiger partial charge in [-0.05, 0) is 60.0 Å². The lowest BCUT2D eigenvalue weighted by Gasteiger charge is -2.63. The molecule has 17 heteroatoms. The van der Waals surface area contributed by atoms with E-state index in [1.807, 2.05) is 26.8 Å². The second-order valence-corrected chi connectivity index (χ2v) is 19.4. The van der Waals surface area contributed by atoms with E-state index in [0.29, 0.717) is 46.4 Å². The van der Waals surface area contributed by atoms with E-state index >= 15 is 0 Å². The van der Waals surface area contributed by atoms with Crippen molar-refractivity contribution in [2.24, 2.45) is 16.7 Å². The summed E-state index contributed by atoms with van der Waals surface area (Å²) in [6.07, 6.45) is 0.658. The molecule has 2 aromatic carbocycles. The minimum atomic E-state index is -0.867. The number of β-amino-alcohol motifs (C(OH)–C–C–N with tert-alkyl or cyclic N) is 1. The van der Waals surface area contributed by atoms with Crippen LogP contribution in [0.3, 0.4) is 0 Å². The third-order valence-corrected chi connectivity index (χ3v) is 13.6. The number of pyridine rings is 1. The standard InChI is InChI=1S/C49H58ClN9O7/c1-29(2)42(45(63)59-28-35(60)22-38(59)44(62)54-30(3)32-10-8-31(25-51)9-11-32)39-24-41(56-66-39)64-21-20-57-16-18-58(19-17-57)40-15-13-34(27-53-40)43(61)55-46-48(4,5)47(49(46,6)7)65-36-14-12-33(26-52)37(50)23-36/h8-15,23-24,27,29-30,35,38,42,46-47,60H,16-22,28H2,1-7H3,(H,54,62)(H,55,61)/t30-,35+,38-,42+,46-,47-/m0/s1. The third kappa shape index (κ3) is 10.1. The number of nitrogens with one attached hydrogen (secondary N) is 2. The number of aliphatic hydroxyl groups is 1. The number of nitriles is 2. The number of carbonyl (C=O) groups is 3. The Balaban J connectivity index is 0.861. The molecule has 3 fully saturated rings. The summed E-state index contributed by atoms with van der Waals surface area (Å²) in [5.74, 6) is 0.0680. The van der Waals surface area contributed by atoms with Crippen molar-refractivity contribution in [1.82, 2.24) is 30.6 Å². The monoisotopic (exact) mass is 919 g/mol. The number of benzene rings is 2. The number of anilines is 1. The van der Waals surface area contributed by atoms with Crippen molar-refractivity contribution >= 4 is 35.1 Å². The molecule has 0 unspecified atom stereocenters. The van der Waals surface area contributed by atoms with E-state index in [0.717, 1.165) is 37.6 Å². The quantitative estimate of drug-likeness (QED) is 0.128. The summed E-state index contributed by atoms with van der Waals surface area (Å²) in [5.41, 5.74) is 1.39. The van der Waals surface area contributed by atoms with Gasteiger partial charge >= 0.3 is 0 Å². The number of aromatic nitrogens is 2. The Morgan fingerprint density at radius 2 is 1.68 bits per heavy atom. The fourth-order valence-electron chi connectivity index (χ4n) is 9.94. The summed E-state index contributed by atoms with van der Waals surface area (Å²) in [6, 6.07) is 20.0. The van der Waals surface area contributed by atoms with Crippen LogP contribution >= 0.6 is 11.6 Å². The van der Waals surface area contributed by atoms with Crippen LogP contribution in [0.2, 0.25) is 5.02 Å². The van der Waals surface area contributed by atoms with E-state index in [9.17, 15) is 24.8 Å². The van der Waals surface area contributed by atoms with E-state index in [1.54, 1.807) is 60.8 Å². The number of hydrogen-bond donors (Lipinski definition) is 3. The van der Waals surface area contributed by atoms with Crippen molar-refractivity contribution < 1.29 is 33.5 Å². The lowest BCUT2D eigenvalue weighted by atomic mass is 9.49. The minimum Gasteiger partial charge on any atom is -0.489 e. The maximum atomic E-state index is 14.1. The molecule has 348 valence electrons. The third-order valence-electron chi connectivity index (χ3n) is 13.3. The predicted molar refractivity (Wildman–Crippen MR) is 246 cm³/mol. The number of nitrogens with zero attached hydrogens (tertiary/aromatic N) is 7. The van der Waals surface area contributed by atoms with Crippen LogP contribution in [-0.2, 0) is 9.59 Å². The van der Waals surface area contributed by atoms with Gasteiger partial charge in [-0.3, -0.25) is 19.3 Å². The Hall–Kier alpha value is -6.20. The summed E-state index contributed by atoms with van der Waals surface area (Å²) >= 11 is 6.25. The maximum absolute atomic E-state index is 14.1. The molecular weight excluding hydrogens is 862 g/mol. The zero-order valence-electron chi connectivity index (χ0n) is 38.5. The Kier molecular flexibility index (Phi) is 14.3. The summed E-state index contributed by atoms with van der Waals surface area (Å²) < 4.78 is 18.0. The molecule has 16 nitrogen and oxygen atoms in total. The van der Waals surface area contributed by atoms with Crippen molar-refractivity contribution in [2.45, 2.75) is 91.1 Å². The molecule has 0 spiro atoms. The minimum absolute atomic E-state index is 0.0185. The van der Waals surface area contributed by atoms with Crippen LogP contribution in [0, 0.1) is 39.4 Å². The van der Waals surface area contributed by atoms with Crippen LogP contribution in [0.15, 0.2) is 71.4 Å². The lowest BCUT2D eigenvalue weighted by molar-refractivity contribution is -0.164. The molecular formula is C49H58ClN9O7. The van der Waals surface area contributed by atoms with Crippen LogP contribution in [0.5, 0.6) is 11.6 Å². The van der Waals surface area contributed by atoms with Gasteiger partial charge in [-0.15, -0.1) is 0 Å². The molecule has 4 heterocycles. The Bertz CT molecular complexity index is 2460. The fourth-order valence-corrected chi connectivity index (χ4v) is 10.2. The van der Waals surface area contributed by atoms with E-state index in [1.165, 1.54) is 4.90 Å². The number of likely N-dealkylation sites (tertiary alicyclic amines) is 1. The summed E-state index contributed by atoms with van der Waals surface area (Å²) in [6.45, 7) is 17.9. The highest BCUT2D eigenvalue weighted by Crippen LogP contribution is 2.55. The van der Waals surface area contributed by atoms with E-state index in [2.05, 4.69) is 70.4 Å². The molecule has 2 saturated heterocycles. The number of carbonyl (C=O) groups excluding carboxylic acids is 3. The second-order valence-electron chi connectivity index (χ2n) is 19.0. The second kappa shape index (κ2) is 19.7. The van der Waals surface area contributed by atoms with Gasteiger partial charge in [0.2, 0.25) is 11.8 Å². The molecule has 0 radical (unpaired) electrons. The summed E-state index contributed by atoms with van der Waals surface area (Å²) in [4.78, 5) is 51.6. The zero-order valence-corrected chi connectivity index (χ0v) is 39.2. The molecule has 3 aliphatic rings. The predicted octanol–water partition coefficient (Wildman–Crippen LogP) is 5.86. The smallest absolute Gasteiger partial charge is 0.254 e. The van der Waals surface area contributed by atoms with Gasteiger partial charge < -0.3 is 39.5 Å². The molecule has 7 rings (SSSR count). The molecule has 66 heavy (non-hydrogen) atoms. The van der Waals surface area contributed by atoms with Gasteiger partial charge in [-0.1, -0.05) is 65.3 Å². The number of amides is 3. The van der Waals surface area contributed by atoms with Crippen LogP contribution in [0.1, 0.15) is 99.7 Å². The fraction of sp³-hybridized carbons (Fsp3) is 0.490. The Morgan fingerprint density at radius 3 is 2.30 bits per heavy atom. The van der Waals surface area contributed by atoms with Crippen molar-refractivity contribution in [2.75, 3.05) is 50.8 Å². The number of rotatable bonds is 15. The molecule has 3 N–H and O–H groups in total. The normalized spacial score (nSPS) is 22.1. The molecule has 1 saturated carbocycles. The average molecular weight is 921 g/mol. The largest absolute Gasteiger partial charge is 0.489 e. The van der Waals surface area contributed by atoms with Crippen LogP contribution in [0.4, 0.5) is 5.82 Å². The van der Waals surface area contributed by atoms with E-state index < -0.39 is 28.9 Å². The highest BCUT2D eigenvalue weighted by molar-refractivity contribution is 6.31. The van der Waals surface area contributed by atoms with Gasteiger partial charge in [0.05, 0.1) is 39.9 Å². The van der Waals surface area contributed by atoms with Gasteiger partial charge in [0.25, 0.3) is 11.8 Å². The lowest BCUT2D eigenvalue weighted by Crippen LogP contribution is -2.74. The van der Waals surface area contributed by atoms with Crippen molar-refractivity contribution in [3.63, 3.8) is 0 Å². The molecule has 1 aliphatic carbocycles. The number of halogens is 1. The van der Waals surface area contributed by atoms with Crippen molar-refractivity contribution in [3.8, 4) is 23.8 Å². The number of piperazine rings is 1. The molecule has 4 atom stereocenters. The van der Waals surface area contributed by atoms with Gasteiger partial charge in [0.1, 0.15) is 42.3 Å². The molecule has 2 aliphatic heterocycles. The molecule has 3 amide bonds. The maximum Gasteiger partial charge on any atom is 0.254 e. The summed E-state index contributed by atoms with van der Waals surface area (Å²) in [7, 11) is 0. The SMILES string of the molecule is CC(C)[C@@H](C(=O)N1C[C@H](O)C[C@H]1C(=O)N[C@@H](C)c1ccc(C#N)cc1)c1cc(OCCN2CCN(c3ccc(C(=O)N[C@H]4C(C)(C)[C@H](Oc5ccc(C#N)c(Cl)c5)C4(C)C)cn3)CC2)no1. The van der Waals surface area contributed by atoms with Gasteiger partial charge in [0, 0.05) is 80.9 Å². The topological polar surface area (TPSA) is 210 Å². The van der Waals surface area contributed by atoms with Gasteiger partial charge in [0.15, 0.2) is 5.76 Å². The van der Waals surface area contributed by atoms with Crippen molar-refractivity contribution in [3.05, 3.63) is 99.9 Å². The first-order chi connectivity index (χ1) is 31.4. The van der Waals surface area contributed by atoms with Crippen molar-refractivity contribution in [1.29, 1.82) is 10.5 Å². The van der Waals surface area contributed by atoms with Crippen LogP contribution in [-0.4, -0.2) is 113 Å². The zero-order chi connectivity index (χ0) is 47.5.